The van der Waals surface area contributed by atoms with Crippen LogP contribution in [0.2, 0.25) is 0 Å². The first kappa shape index (κ1) is 15.7. The van der Waals surface area contributed by atoms with Crippen LogP contribution in [-0.2, 0) is 14.8 Å². The van der Waals surface area contributed by atoms with Gasteiger partial charge in [0.2, 0.25) is 15.2 Å². The third kappa shape index (κ3) is 3.24. The summed E-state index contributed by atoms with van der Waals surface area (Å²) in [5.74, 6) is 0. The Morgan fingerprint density at radius 2 is 2.17 bits per heavy atom. The molecule has 1 aromatic rings. The summed E-state index contributed by atoms with van der Waals surface area (Å²) >= 11 is 1.59. The number of rotatable bonds is 4. The summed E-state index contributed by atoms with van der Waals surface area (Å²) in [5, 5.41) is 10.0. The highest BCUT2D eigenvalue weighted by atomic mass is 32.2. The van der Waals surface area contributed by atoms with Crippen LogP contribution in [0.25, 0.3) is 0 Å². The average molecular weight is 358 g/mol. The average Bonchev–Trinajstić information content (AvgIpc) is 3.17. The van der Waals surface area contributed by atoms with E-state index < -0.39 is 10.0 Å². The topological polar surface area (TPSA) is 84.4 Å². The van der Waals surface area contributed by atoms with Gasteiger partial charge in [0.05, 0.1) is 10.9 Å². The van der Waals surface area contributed by atoms with Crippen LogP contribution in [0.1, 0.15) is 37.1 Å². The molecule has 1 aromatic heterocycles. The predicted octanol–water partition coefficient (Wildman–Crippen LogP) is 1.06. The molecule has 9 heteroatoms. The van der Waals surface area contributed by atoms with Gasteiger partial charge in [-0.1, -0.05) is 11.3 Å². The zero-order chi connectivity index (χ0) is 16.1. The number of nitrogens with zero attached hydrogens (tertiary/aromatic N) is 3. The Morgan fingerprint density at radius 1 is 1.35 bits per heavy atom. The molecule has 0 radical (unpaired) electrons. The van der Waals surface area contributed by atoms with Gasteiger partial charge in [0.1, 0.15) is 5.01 Å². The molecule has 3 fully saturated rings. The van der Waals surface area contributed by atoms with Gasteiger partial charge in [0.15, 0.2) is 0 Å². The van der Waals surface area contributed by atoms with Crippen LogP contribution in [0, 0.1) is 6.92 Å². The van der Waals surface area contributed by atoms with Gasteiger partial charge in [-0.2, -0.15) is 0 Å². The molecule has 2 saturated heterocycles. The highest BCUT2D eigenvalue weighted by molar-refractivity contribution is 7.90. The van der Waals surface area contributed by atoms with Crippen LogP contribution in [0.15, 0.2) is 0 Å². The summed E-state index contributed by atoms with van der Waals surface area (Å²) in [7, 11) is -3.13. The van der Waals surface area contributed by atoms with Gasteiger partial charge in [-0.3, -0.25) is 0 Å². The highest BCUT2D eigenvalue weighted by Crippen LogP contribution is 2.38. The Balaban J connectivity index is 1.42. The highest BCUT2D eigenvalue weighted by Gasteiger charge is 2.46. The lowest BCUT2D eigenvalue weighted by molar-refractivity contribution is -0.0706. The minimum Gasteiger partial charge on any atom is -0.373 e. The fourth-order valence-corrected chi connectivity index (χ4v) is 5.87. The van der Waals surface area contributed by atoms with Crippen molar-refractivity contribution in [2.45, 2.75) is 55.9 Å². The second-order valence-electron chi connectivity index (χ2n) is 6.86. The quantitative estimate of drug-likeness (QED) is 0.866. The second-order valence-corrected chi connectivity index (χ2v) is 10.0. The Labute approximate surface area is 140 Å². The van der Waals surface area contributed by atoms with Gasteiger partial charge >= 0.3 is 0 Å². The second kappa shape index (κ2) is 5.65. The third-order valence-electron chi connectivity index (χ3n) is 4.89. The Bertz CT molecular complexity index is 688. The fourth-order valence-electron chi connectivity index (χ4n) is 3.54. The molecule has 3 heterocycles. The molecular weight excluding hydrogens is 336 g/mol. The maximum atomic E-state index is 12.2. The SMILES string of the molecule is Cc1nnc(N2CC[C@]3(C[C@@H](NS(=O)(=O)C4CC4)CCO3)C2)s1. The smallest absolute Gasteiger partial charge is 0.214 e. The molecule has 1 N–H and O–H groups in total. The van der Waals surface area contributed by atoms with Crippen LogP contribution < -0.4 is 9.62 Å². The summed E-state index contributed by atoms with van der Waals surface area (Å²) in [5.41, 5.74) is -0.255. The zero-order valence-electron chi connectivity index (χ0n) is 13.2. The van der Waals surface area contributed by atoms with E-state index in [-0.39, 0.29) is 16.9 Å². The number of aromatic nitrogens is 2. The monoisotopic (exact) mass is 358 g/mol. The number of hydrogen-bond acceptors (Lipinski definition) is 7. The third-order valence-corrected chi connectivity index (χ3v) is 7.80. The van der Waals surface area contributed by atoms with Crippen molar-refractivity contribution < 1.29 is 13.2 Å². The van der Waals surface area contributed by atoms with E-state index in [1.165, 1.54) is 0 Å². The predicted molar refractivity (Wildman–Crippen MR) is 88.3 cm³/mol. The van der Waals surface area contributed by atoms with Gasteiger partial charge in [0, 0.05) is 25.7 Å². The van der Waals surface area contributed by atoms with Crippen LogP contribution in [0.4, 0.5) is 5.13 Å². The van der Waals surface area contributed by atoms with Crippen molar-refractivity contribution in [3.63, 3.8) is 0 Å². The number of nitrogens with one attached hydrogen (secondary N) is 1. The van der Waals surface area contributed by atoms with E-state index in [4.69, 9.17) is 4.74 Å². The number of anilines is 1. The molecule has 1 saturated carbocycles. The molecule has 7 nitrogen and oxygen atoms in total. The van der Waals surface area contributed by atoms with E-state index in [1.807, 2.05) is 6.92 Å². The van der Waals surface area contributed by atoms with Gasteiger partial charge < -0.3 is 9.64 Å². The normalized spacial score (nSPS) is 31.9. The van der Waals surface area contributed by atoms with Crippen molar-refractivity contribution >= 4 is 26.5 Å². The summed E-state index contributed by atoms with van der Waals surface area (Å²) in [6, 6.07) is -0.00884. The van der Waals surface area contributed by atoms with Crippen molar-refractivity contribution in [2.24, 2.45) is 0 Å². The largest absolute Gasteiger partial charge is 0.373 e. The summed E-state index contributed by atoms with van der Waals surface area (Å²) in [6.07, 6.45) is 4.01. The molecule has 0 bridgehead atoms. The van der Waals surface area contributed by atoms with Gasteiger partial charge in [0.25, 0.3) is 0 Å². The molecule has 0 unspecified atom stereocenters. The molecule has 128 valence electrons. The van der Waals surface area contributed by atoms with E-state index >= 15 is 0 Å². The van der Waals surface area contributed by atoms with Crippen molar-refractivity contribution in [1.29, 1.82) is 0 Å². The maximum Gasteiger partial charge on any atom is 0.214 e. The minimum absolute atomic E-state index is 0.00884. The van der Waals surface area contributed by atoms with E-state index in [0.717, 1.165) is 55.3 Å². The van der Waals surface area contributed by atoms with E-state index in [1.54, 1.807) is 11.3 Å². The molecule has 3 aliphatic rings. The minimum atomic E-state index is -3.13. The Hall–Kier alpha value is -0.770. The van der Waals surface area contributed by atoms with Gasteiger partial charge in [-0.05, 0) is 39.0 Å². The summed E-state index contributed by atoms with van der Waals surface area (Å²) < 4.78 is 33.3. The molecule has 2 aliphatic heterocycles. The van der Waals surface area contributed by atoms with Crippen LogP contribution in [0.3, 0.4) is 0 Å². The van der Waals surface area contributed by atoms with Gasteiger partial charge in [-0.25, -0.2) is 13.1 Å². The fraction of sp³-hybridized carbons (Fsp3) is 0.857. The molecule has 23 heavy (non-hydrogen) atoms. The van der Waals surface area contributed by atoms with Gasteiger partial charge in [-0.15, -0.1) is 10.2 Å². The number of hydrogen-bond donors (Lipinski definition) is 1. The first-order valence-corrected chi connectivity index (χ1v) is 10.5. The standard InChI is InChI=1S/C14H22N4O3S2/c1-10-15-16-13(22-10)18-6-5-14(9-18)8-11(4-7-21-14)17-23(19,20)12-2-3-12/h11-12,17H,2-9H2,1H3/t11-,14-/m0/s1. The molecule has 2 atom stereocenters. The van der Waals surface area contributed by atoms with Crippen LogP contribution >= 0.6 is 11.3 Å². The maximum absolute atomic E-state index is 12.2. The molecule has 1 spiro atoms. The summed E-state index contributed by atoms with van der Waals surface area (Å²) in [6.45, 7) is 4.22. The Morgan fingerprint density at radius 3 is 2.87 bits per heavy atom. The van der Waals surface area contributed by atoms with Crippen molar-refractivity contribution in [3.8, 4) is 0 Å². The van der Waals surface area contributed by atoms with E-state index in [9.17, 15) is 8.42 Å². The first-order valence-electron chi connectivity index (χ1n) is 8.16. The van der Waals surface area contributed by atoms with E-state index in [2.05, 4.69) is 19.8 Å². The lowest BCUT2D eigenvalue weighted by Crippen LogP contribution is -2.50. The molecule has 0 amide bonds. The molecule has 0 aromatic carbocycles. The van der Waals surface area contributed by atoms with Crippen LogP contribution in [0.5, 0.6) is 0 Å². The number of sulfonamides is 1. The van der Waals surface area contributed by atoms with Crippen molar-refractivity contribution in [3.05, 3.63) is 5.01 Å². The molecular formula is C14H22N4O3S2. The zero-order valence-corrected chi connectivity index (χ0v) is 14.8. The lowest BCUT2D eigenvalue weighted by Gasteiger charge is -2.38. The first-order chi connectivity index (χ1) is 11.0. The molecule has 1 aliphatic carbocycles. The Kier molecular flexibility index (Phi) is 3.86. The molecule has 4 rings (SSSR count). The van der Waals surface area contributed by atoms with Crippen molar-refractivity contribution in [2.75, 3.05) is 24.6 Å². The summed E-state index contributed by atoms with van der Waals surface area (Å²) in [4.78, 5) is 2.21. The number of aryl methyl sites for hydroxylation is 1. The van der Waals surface area contributed by atoms with Crippen LogP contribution in [-0.4, -0.2) is 55.2 Å². The lowest BCUT2D eigenvalue weighted by atomic mass is 9.90. The number of ether oxygens (including phenoxy) is 1. The van der Waals surface area contributed by atoms with E-state index in [0.29, 0.717) is 6.61 Å². The van der Waals surface area contributed by atoms with Crippen molar-refractivity contribution in [1.82, 2.24) is 14.9 Å².